The van der Waals surface area contributed by atoms with E-state index in [4.69, 9.17) is 0 Å². The van der Waals surface area contributed by atoms with Crippen LogP contribution < -0.4 is 5.30 Å². The Hall–Kier alpha value is -1.48. The Morgan fingerprint density at radius 3 is 2.38 bits per heavy atom. The highest BCUT2D eigenvalue weighted by molar-refractivity contribution is 7.61. The van der Waals surface area contributed by atoms with Crippen LogP contribution in [0.5, 0.6) is 0 Å². The molecule has 2 rings (SSSR count). The van der Waals surface area contributed by atoms with Gasteiger partial charge in [0.2, 0.25) is 0 Å². The summed E-state index contributed by atoms with van der Waals surface area (Å²) in [6.07, 6.45) is 0.459. The fourth-order valence-corrected chi connectivity index (χ4v) is 2.67. The van der Waals surface area contributed by atoms with Gasteiger partial charge in [0.1, 0.15) is 0 Å². The van der Waals surface area contributed by atoms with Crippen LogP contribution in [-0.4, -0.2) is 16.1 Å². The molecule has 5 heteroatoms. The van der Waals surface area contributed by atoms with Crippen LogP contribution in [0.15, 0.2) is 36.4 Å². The van der Waals surface area contributed by atoms with E-state index in [1.165, 1.54) is 6.07 Å². The van der Waals surface area contributed by atoms with Gasteiger partial charge >= 0.3 is 7.60 Å². The first-order valence-corrected chi connectivity index (χ1v) is 6.18. The van der Waals surface area contributed by atoms with E-state index < -0.39 is 7.60 Å². The summed E-state index contributed by atoms with van der Waals surface area (Å²) < 4.78 is 11.4. The van der Waals surface area contributed by atoms with Gasteiger partial charge in [0, 0.05) is 5.56 Å². The van der Waals surface area contributed by atoms with Crippen LogP contribution in [0.4, 0.5) is 0 Å². The number of fused-ring (bicyclic) bond motifs is 1. The second-order valence-electron chi connectivity index (χ2n) is 3.39. The zero-order valence-corrected chi connectivity index (χ0v) is 9.09. The summed E-state index contributed by atoms with van der Waals surface area (Å²) in [6, 6.07) is 9.87. The fourth-order valence-electron chi connectivity index (χ4n) is 1.69. The fraction of sp³-hybridized carbons (Fsp3) is 0. The van der Waals surface area contributed by atoms with Gasteiger partial charge in [-0.2, -0.15) is 0 Å². The zero-order valence-electron chi connectivity index (χ0n) is 8.20. The maximum Gasteiger partial charge on any atom is 0.357 e. The molecule has 0 amide bonds. The average molecular weight is 236 g/mol. The van der Waals surface area contributed by atoms with Crippen molar-refractivity contribution in [2.45, 2.75) is 0 Å². The van der Waals surface area contributed by atoms with Crippen molar-refractivity contribution >= 4 is 30.0 Å². The number of carbonyl (C=O) groups is 1. The average Bonchev–Trinajstić information content (AvgIpc) is 2.26. The Morgan fingerprint density at radius 1 is 1.06 bits per heavy atom. The third-order valence-electron chi connectivity index (χ3n) is 2.35. The van der Waals surface area contributed by atoms with Crippen LogP contribution in [0.2, 0.25) is 0 Å². The highest BCUT2D eigenvalue weighted by atomic mass is 31.2. The van der Waals surface area contributed by atoms with Gasteiger partial charge in [-0.1, -0.05) is 36.4 Å². The molecule has 2 N–H and O–H groups in total. The lowest BCUT2D eigenvalue weighted by Gasteiger charge is -2.10. The van der Waals surface area contributed by atoms with Gasteiger partial charge in [0.15, 0.2) is 6.29 Å². The molecule has 0 saturated heterocycles. The minimum absolute atomic E-state index is 0.0343. The Labute approximate surface area is 91.7 Å². The normalized spacial score (nSPS) is 11.6. The summed E-state index contributed by atoms with van der Waals surface area (Å²) in [7, 11) is -4.45. The van der Waals surface area contributed by atoms with Gasteiger partial charge in [-0.15, -0.1) is 0 Å². The Balaban J connectivity index is 2.95. The molecule has 2 aromatic rings. The van der Waals surface area contributed by atoms with Gasteiger partial charge in [-0.3, -0.25) is 9.36 Å². The summed E-state index contributed by atoms with van der Waals surface area (Å²) in [5.74, 6) is 0. The molecule has 0 radical (unpaired) electrons. The van der Waals surface area contributed by atoms with Crippen molar-refractivity contribution in [1.82, 2.24) is 0 Å². The molecule has 0 aromatic heterocycles. The predicted molar refractivity (Wildman–Crippen MR) is 61.0 cm³/mol. The molecule has 4 nitrogen and oxygen atoms in total. The molecular weight excluding hydrogens is 227 g/mol. The number of aldehydes is 1. The second kappa shape index (κ2) is 3.83. The zero-order chi connectivity index (χ0) is 11.8. The van der Waals surface area contributed by atoms with Crippen LogP contribution in [-0.2, 0) is 4.57 Å². The molecule has 2 aromatic carbocycles. The number of benzene rings is 2. The Morgan fingerprint density at radius 2 is 1.75 bits per heavy atom. The van der Waals surface area contributed by atoms with Crippen LogP contribution in [0.3, 0.4) is 0 Å². The number of hydrogen-bond donors (Lipinski definition) is 2. The maximum atomic E-state index is 11.4. The first-order chi connectivity index (χ1) is 7.54. The van der Waals surface area contributed by atoms with E-state index in [1.807, 2.05) is 0 Å². The summed E-state index contributed by atoms with van der Waals surface area (Å²) in [4.78, 5) is 29.3. The minimum atomic E-state index is -4.45. The van der Waals surface area contributed by atoms with Gasteiger partial charge in [0.05, 0.1) is 5.30 Å². The molecule has 0 aliphatic rings. The highest BCUT2D eigenvalue weighted by Gasteiger charge is 2.24. The Kier molecular flexibility index (Phi) is 2.64. The van der Waals surface area contributed by atoms with Gasteiger partial charge in [-0.05, 0) is 10.8 Å². The van der Waals surface area contributed by atoms with Crippen molar-refractivity contribution < 1.29 is 19.1 Å². The lowest BCUT2D eigenvalue weighted by Crippen LogP contribution is -2.11. The molecule has 0 heterocycles. The first-order valence-electron chi connectivity index (χ1n) is 4.57. The maximum absolute atomic E-state index is 11.4. The third-order valence-corrected chi connectivity index (χ3v) is 3.43. The summed E-state index contributed by atoms with van der Waals surface area (Å²) in [5, 5.41) is 0.924. The van der Waals surface area contributed by atoms with Crippen molar-refractivity contribution in [1.29, 1.82) is 0 Å². The third kappa shape index (κ3) is 1.78. The van der Waals surface area contributed by atoms with Crippen LogP contribution in [0.25, 0.3) is 10.8 Å². The van der Waals surface area contributed by atoms with E-state index in [2.05, 4.69) is 0 Å². The lowest BCUT2D eigenvalue weighted by atomic mass is 10.1. The van der Waals surface area contributed by atoms with E-state index >= 15 is 0 Å². The standard InChI is InChI=1S/C11H9O4P/c12-7-9-6-5-8-3-1-2-4-10(8)11(9)16(13,14)15/h1-7H,(H2,13,14,15). The lowest BCUT2D eigenvalue weighted by molar-refractivity contribution is 0.112. The molecule has 0 fully saturated rings. The molecular formula is C11H9O4P. The van der Waals surface area contributed by atoms with Crippen molar-refractivity contribution in [2.24, 2.45) is 0 Å². The molecule has 0 atom stereocenters. The first kappa shape index (κ1) is 11.0. The largest absolute Gasteiger partial charge is 0.357 e. The minimum Gasteiger partial charge on any atom is -0.321 e. The summed E-state index contributed by atoms with van der Waals surface area (Å²) in [6.45, 7) is 0. The van der Waals surface area contributed by atoms with Crippen molar-refractivity contribution in [3.63, 3.8) is 0 Å². The van der Waals surface area contributed by atoms with E-state index in [1.54, 1.807) is 30.3 Å². The van der Waals surface area contributed by atoms with Crippen molar-refractivity contribution in [3.05, 3.63) is 42.0 Å². The number of rotatable bonds is 2. The summed E-state index contributed by atoms with van der Waals surface area (Å²) in [5.41, 5.74) is 0.0343. The molecule has 16 heavy (non-hydrogen) atoms. The van der Waals surface area contributed by atoms with Gasteiger partial charge in [-0.25, -0.2) is 0 Å². The molecule has 0 spiro atoms. The molecule has 0 saturated carbocycles. The number of carbonyl (C=O) groups excluding carboxylic acids is 1. The molecule has 0 bridgehead atoms. The van der Waals surface area contributed by atoms with Crippen LogP contribution >= 0.6 is 7.60 Å². The van der Waals surface area contributed by atoms with Crippen LogP contribution in [0, 0.1) is 0 Å². The van der Waals surface area contributed by atoms with Gasteiger partial charge < -0.3 is 9.79 Å². The molecule has 0 unspecified atom stereocenters. The van der Waals surface area contributed by atoms with E-state index in [0.717, 1.165) is 0 Å². The summed E-state index contributed by atoms with van der Waals surface area (Å²) >= 11 is 0. The molecule has 0 aliphatic heterocycles. The van der Waals surface area contributed by atoms with Gasteiger partial charge in [0.25, 0.3) is 0 Å². The molecule has 0 aliphatic carbocycles. The predicted octanol–water partition coefficient (Wildman–Crippen LogP) is 1.46. The quantitative estimate of drug-likeness (QED) is 0.611. The monoisotopic (exact) mass is 236 g/mol. The van der Waals surface area contributed by atoms with Crippen LogP contribution in [0.1, 0.15) is 10.4 Å². The van der Waals surface area contributed by atoms with E-state index in [9.17, 15) is 19.1 Å². The highest BCUT2D eigenvalue weighted by Crippen LogP contribution is 2.37. The Bertz CT molecular complexity index is 600. The topological polar surface area (TPSA) is 74.6 Å². The van der Waals surface area contributed by atoms with Crippen molar-refractivity contribution in [2.75, 3.05) is 0 Å². The number of hydrogen-bond acceptors (Lipinski definition) is 2. The molecule has 82 valence electrons. The van der Waals surface area contributed by atoms with E-state index in [-0.39, 0.29) is 10.9 Å². The second-order valence-corrected chi connectivity index (χ2v) is 4.92. The van der Waals surface area contributed by atoms with E-state index in [0.29, 0.717) is 17.1 Å². The van der Waals surface area contributed by atoms with Crippen molar-refractivity contribution in [3.8, 4) is 0 Å². The smallest absolute Gasteiger partial charge is 0.321 e. The SMILES string of the molecule is O=Cc1ccc2ccccc2c1P(=O)(O)O.